The van der Waals surface area contributed by atoms with E-state index in [2.05, 4.69) is 5.32 Å². The highest BCUT2D eigenvalue weighted by molar-refractivity contribution is 6.10. The molecule has 0 aliphatic carbocycles. The molecule has 158 valence electrons. The van der Waals surface area contributed by atoms with Gasteiger partial charge in [0, 0.05) is 12.1 Å². The average molecular weight is 427 g/mol. The number of carbonyl (C=O) groups is 2. The minimum absolute atomic E-state index is 0.112. The molecule has 1 atom stereocenters. The van der Waals surface area contributed by atoms with Crippen LogP contribution in [0.3, 0.4) is 0 Å². The molecular formula is C24H17F4NO2. The Labute approximate surface area is 175 Å². The maximum Gasteiger partial charge on any atom is 0.416 e. The molecule has 3 nitrogen and oxygen atoms in total. The van der Waals surface area contributed by atoms with E-state index in [1.165, 1.54) is 30.3 Å². The van der Waals surface area contributed by atoms with Crippen molar-refractivity contribution in [2.45, 2.75) is 24.9 Å². The summed E-state index contributed by atoms with van der Waals surface area (Å²) in [5, 5.41) is 2.71. The summed E-state index contributed by atoms with van der Waals surface area (Å²) in [4.78, 5) is 25.5. The summed E-state index contributed by atoms with van der Waals surface area (Å²) in [6.07, 6.45) is -4.76. The summed E-state index contributed by atoms with van der Waals surface area (Å²) in [5.41, 5.74) is -0.407. The minimum Gasteiger partial charge on any atom is -0.325 e. The highest BCUT2D eigenvalue weighted by Gasteiger charge is 2.44. The summed E-state index contributed by atoms with van der Waals surface area (Å²) in [7, 11) is 0. The molecule has 0 saturated heterocycles. The van der Waals surface area contributed by atoms with Crippen molar-refractivity contribution in [1.82, 2.24) is 0 Å². The molecule has 1 aliphatic rings. The maximum absolute atomic E-state index is 14.0. The average Bonchev–Trinajstić information content (AvgIpc) is 2.97. The van der Waals surface area contributed by atoms with Gasteiger partial charge in [-0.15, -0.1) is 0 Å². The van der Waals surface area contributed by atoms with Gasteiger partial charge in [-0.1, -0.05) is 30.3 Å². The fourth-order valence-corrected chi connectivity index (χ4v) is 3.83. The van der Waals surface area contributed by atoms with Crippen LogP contribution in [0.5, 0.6) is 0 Å². The number of rotatable bonds is 4. The molecule has 0 saturated carbocycles. The van der Waals surface area contributed by atoms with Crippen LogP contribution in [0.25, 0.3) is 11.1 Å². The number of anilines is 1. The summed E-state index contributed by atoms with van der Waals surface area (Å²) in [5.74, 6) is -1.63. The smallest absolute Gasteiger partial charge is 0.325 e. The predicted molar refractivity (Wildman–Crippen MR) is 108 cm³/mol. The third kappa shape index (κ3) is 3.71. The summed E-state index contributed by atoms with van der Waals surface area (Å²) >= 11 is 0. The van der Waals surface area contributed by atoms with Gasteiger partial charge in [0.1, 0.15) is 5.82 Å². The van der Waals surface area contributed by atoms with Crippen molar-refractivity contribution in [3.63, 3.8) is 0 Å². The number of benzene rings is 3. The fraction of sp³-hybridized carbons (Fsp3) is 0.167. The molecule has 3 aromatic rings. The quantitative estimate of drug-likeness (QED) is 0.410. The van der Waals surface area contributed by atoms with E-state index in [-0.39, 0.29) is 12.0 Å². The van der Waals surface area contributed by atoms with Gasteiger partial charge in [0.2, 0.25) is 5.91 Å². The Balaban J connectivity index is 1.73. The van der Waals surface area contributed by atoms with E-state index in [1.807, 2.05) is 0 Å². The van der Waals surface area contributed by atoms with Crippen molar-refractivity contribution in [3.05, 3.63) is 89.2 Å². The van der Waals surface area contributed by atoms with Gasteiger partial charge in [-0.25, -0.2) is 4.39 Å². The van der Waals surface area contributed by atoms with E-state index in [0.717, 1.165) is 12.1 Å². The van der Waals surface area contributed by atoms with Crippen molar-refractivity contribution in [2.24, 2.45) is 0 Å². The van der Waals surface area contributed by atoms with Gasteiger partial charge >= 0.3 is 6.18 Å². The molecule has 0 fully saturated rings. The fourth-order valence-electron chi connectivity index (χ4n) is 3.83. The Kier molecular flexibility index (Phi) is 4.92. The summed E-state index contributed by atoms with van der Waals surface area (Å²) in [6.45, 7) is 1.57. The van der Waals surface area contributed by atoms with Crippen LogP contribution in [0.1, 0.15) is 34.8 Å². The maximum atomic E-state index is 14.0. The van der Waals surface area contributed by atoms with Crippen LogP contribution < -0.4 is 5.32 Å². The van der Waals surface area contributed by atoms with E-state index in [9.17, 15) is 27.2 Å². The minimum atomic E-state index is -4.48. The number of carbonyl (C=O) groups excluding carboxylic acids is 2. The first-order valence-electron chi connectivity index (χ1n) is 9.51. The van der Waals surface area contributed by atoms with Crippen molar-refractivity contribution in [2.75, 3.05) is 5.32 Å². The van der Waals surface area contributed by atoms with Crippen LogP contribution in [0.15, 0.2) is 66.7 Å². The lowest BCUT2D eigenvalue weighted by Crippen LogP contribution is -2.33. The molecule has 3 aromatic carbocycles. The van der Waals surface area contributed by atoms with Crippen molar-refractivity contribution in [3.8, 4) is 11.1 Å². The molecule has 4 rings (SSSR count). The molecule has 1 heterocycles. The number of ketones is 1. The highest BCUT2D eigenvalue weighted by Crippen LogP contribution is 2.43. The molecule has 7 heteroatoms. The van der Waals surface area contributed by atoms with E-state index < -0.39 is 34.7 Å². The lowest BCUT2D eigenvalue weighted by atomic mass is 9.77. The Morgan fingerprint density at radius 2 is 1.68 bits per heavy atom. The van der Waals surface area contributed by atoms with Crippen molar-refractivity contribution in [1.29, 1.82) is 0 Å². The highest BCUT2D eigenvalue weighted by atomic mass is 19.4. The first kappa shape index (κ1) is 20.8. The molecule has 0 aromatic heterocycles. The molecule has 0 bridgehead atoms. The Morgan fingerprint density at radius 1 is 0.968 bits per heavy atom. The number of amides is 1. The van der Waals surface area contributed by atoms with E-state index >= 15 is 0 Å². The molecule has 31 heavy (non-hydrogen) atoms. The standard InChI is InChI=1S/C24H17F4NO2/c1-23(13-21(30)17-7-2-3-8-19(17)25)18-12-15(9-10-20(18)29-22(23)31)14-5-4-6-16(11-14)24(26,27)28/h2-12H,13H2,1H3,(H,29,31). The molecule has 1 aliphatic heterocycles. The number of nitrogens with one attached hydrogen (secondary N) is 1. The second-order valence-electron chi connectivity index (χ2n) is 7.70. The number of fused-ring (bicyclic) bond motifs is 1. The summed E-state index contributed by atoms with van der Waals surface area (Å²) < 4.78 is 53.3. The monoisotopic (exact) mass is 427 g/mol. The third-order valence-electron chi connectivity index (χ3n) is 5.57. The Morgan fingerprint density at radius 3 is 2.39 bits per heavy atom. The van der Waals surface area contributed by atoms with Gasteiger partial charge in [-0.05, 0) is 60.0 Å². The SMILES string of the molecule is CC1(CC(=O)c2ccccc2F)C(=O)Nc2ccc(-c3cccc(C(F)(F)F)c3)cc21. The second kappa shape index (κ2) is 7.34. The molecule has 0 spiro atoms. The zero-order valence-electron chi connectivity index (χ0n) is 16.4. The van der Waals surface area contributed by atoms with Crippen LogP contribution >= 0.6 is 0 Å². The third-order valence-corrected chi connectivity index (χ3v) is 5.57. The van der Waals surface area contributed by atoms with Crippen LogP contribution in [-0.4, -0.2) is 11.7 Å². The number of halogens is 4. The predicted octanol–water partition coefficient (Wildman–Crippen LogP) is 5.99. The van der Waals surface area contributed by atoms with E-state index in [4.69, 9.17) is 0 Å². The zero-order chi connectivity index (χ0) is 22.4. The number of Topliss-reactive ketones (excluding diaryl/α,β-unsaturated/α-hetero) is 1. The Hall–Kier alpha value is -3.48. The van der Waals surface area contributed by atoms with Crippen LogP contribution in [0.4, 0.5) is 23.2 Å². The Bertz CT molecular complexity index is 1200. The number of hydrogen-bond donors (Lipinski definition) is 1. The number of alkyl halides is 3. The first-order valence-corrected chi connectivity index (χ1v) is 9.51. The number of hydrogen-bond acceptors (Lipinski definition) is 2. The largest absolute Gasteiger partial charge is 0.416 e. The van der Waals surface area contributed by atoms with Gasteiger partial charge < -0.3 is 5.32 Å². The van der Waals surface area contributed by atoms with Gasteiger partial charge in [-0.3, -0.25) is 9.59 Å². The van der Waals surface area contributed by atoms with Gasteiger partial charge in [-0.2, -0.15) is 13.2 Å². The lowest BCUT2D eigenvalue weighted by molar-refractivity contribution is -0.137. The summed E-state index contributed by atoms with van der Waals surface area (Å²) in [6, 6.07) is 15.2. The van der Waals surface area contributed by atoms with Gasteiger partial charge in [0.25, 0.3) is 0 Å². The molecule has 1 amide bonds. The first-order chi connectivity index (χ1) is 14.6. The lowest BCUT2D eigenvalue weighted by Gasteiger charge is -2.22. The van der Waals surface area contributed by atoms with Crippen molar-refractivity contribution >= 4 is 17.4 Å². The molecule has 1 unspecified atom stereocenters. The molecule has 0 radical (unpaired) electrons. The zero-order valence-corrected chi connectivity index (χ0v) is 16.4. The molecular weight excluding hydrogens is 410 g/mol. The van der Waals surface area contributed by atoms with Crippen LogP contribution in [0, 0.1) is 5.82 Å². The van der Waals surface area contributed by atoms with E-state index in [1.54, 1.807) is 31.2 Å². The van der Waals surface area contributed by atoms with Crippen LogP contribution in [-0.2, 0) is 16.4 Å². The second-order valence-corrected chi connectivity index (χ2v) is 7.70. The molecule has 1 N–H and O–H groups in total. The topological polar surface area (TPSA) is 46.2 Å². The van der Waals surface area contributed by atoms with Gasteiger partial charge in [0.15, 0.2) is 5.78 Å². The van der Waals surface area contributed by atoms with E-state index in [0.29, 0.717) is 22.4 Å². The van der Waals surface area contributed by atoms with Crippen molar-refractivity contribution < 1.29 is 27.2 Å². The van der Waals surface area contributed by atoms with Gasteiger partial charge in [0.05, 0.1) is 16.5 Å². The van der Waals surface area contributed by atoms with Crippen LogP contribution in [0.2, 0.25) is 0 Å². The normalized spacial score (nSPS) is 17.9.